The van der Waals surface area contributed by atoms with Gasteiger partial charge >= 0.3 is 0 Å². The molecule has 6 nitrogen and oxygen atoms in total. The molecule has 0 atom stereocenters. The van der Waals surface area contributed by atoms with Crippen LogP contribution in [0.4, 0.5) is 0 Å². The lowest BCUT2D eigenvalue weighted by Gasteiger charge is -2.33. The molecular weight excluding hydrogens is 384 g/mol. The monoisotopic (exact) mass is 410 g/mol. The molecule has 1 aromatic heterocycles. The number of aryl methyl sites for hydroxylation is 2. The van der Waals surface area contributed by atoms with Crippen molar-refractivity contribution < 1.29 is 8.42 Å². The van der Waals surface area contributed by atoms with Gasteiger partial charge in [0.15, 0.2) is 0 Å². The van der Waals surface area contributed by atoms with Gasteiger partial charge in [0.05, 0.1) is 16.1 Å². The van der Waals surface area contributed by atoms with E-state index in [0.717, 1.165) is 37.9 Å². The van der Waals surface area contributed by atoms with Gasteiger partial charge in [0.25, 0.3) is 0 Å². The van der Waals surface area contributed by atoms with Crippen LogP contribution >= 0.6 is 11.6 Å². The van der Waals surface area contributed by atoms with E-state index >= 15 is 0 Å². The summed E-state index contributed by atoms with van der Waals surface area (Å²) in [7, 11) is -3.53. The van der Waals surface area contributed by atoms with E-state index in [4.69, 9.17) is 11.6 Å². The highest BCUT2D eigenvalue weighted by molar-refractivity contribution is 7.89. The number of piperidine rings is 1. The summed E-state index contributed by atoms with van der Waals surface area (Å²) < 4.78 is 30.1. The Morgan fingerprint density at radius 3 is 2.56 bits per heavy atom. The van der Waals surface area contributed by atoms with E-state index in [9.17, 15) is 8.42 Å². The first-order chi connectivity index (χ1) is 13.0. The van der Waals surface area contributed by atoms with Gasteiger partial charge < -0.3 is 5.32 Å². The third kappa shape index (κ3) is 5.10. The van der Waals surface area contributed by atoms with Crippen molar-refractivity contribution >= 4 is 21.6 Å². The van der Waals surface area contributed by atoms with Crippen molar-refractivity contribution in [2.45, 2.75) is 50.1 Å². The highest BCUT2D eigenvalue weighted by atomic mass is 35.5. The highest BCUT2D eigenvalue weighted by Crippen LogP contribution is 2.23. The van der Waals surface area contributed by atoms with Gasteiger partial charge in [-0.2, -0.15) is 9.40 Å². The molecule has 0 amide bonds. The number of rotatable bonds is 8. The summed E-state index contributed by atoms with van der Waals surface area (Å²) in [6, 6.07) is 7.30. The largest absolute Gasteiger partial charge is 0.317 e. The van der Waals surface area contributed by atoms with E-state index in [1.807, 2.05) is 12.1 Å². The van der Waals surface area contributed by atoms with Crippen molar-refractivity contribution in [3.05, 3.63) is 47.2 Å². The second-order valence-corrected chi connectivity index (χ2v) is 9.20. The third-order valence-corrected chi connectivity index (χ3v) is 7.18. The zero-order chi connectivity index (χ0) is 19.3. The SMILES string of the molecule is CCc1ccc(S(=O)(=O)N(CCCn2cc(Cl)cn2)C2CCNCC2)cc1. The van der Waals surface area contributed by atoms with Crippen molar-refractivity contribution in [1.82, 2.24) is 19.4 Å². The lowest BCUT2D eigenvalue weighted by atomic mass is 10.1. The maximum absolute atomic E-state index is 13.3. The average molecular weight is 411 g/mol. The van der Waals surface area contributed by atoms with Gasteiger partial charge in [-0.1, -0.05) is 30.7 Å². The molecule has 0 saturated carbocycles. The number of nitrogens with one attached hydrogen (secondary N) is 1. The van der Waals surface area contributed by atoms with E-state index in [2.05, 4.69) is 17.3 Å². The molecule has 27 heavy (non-hydrogen) atoms. The summed E-state index contributed by atoms with van der Waals surface area (Å²) in [5, 5.41) is 8.07. The van der Waals surface area contributed by atoms with E-state index < -0.39 is 10.0 Å². The number of hydrogen-bond acceptors (Lipinski definition) is 4. The second kappa shape index (κ2) is 9.19. The van der Waals surface area contributed by atoms with Crippen molar-refractivity contribution in [3.63, 3.8) is 0 Å². The fourth-order valence-corrected chi connectivity index (χ4v) is 5.36. The Morgan fingerprint density at radius 1 is 1.26 bits per heavy atom. The Balaban J connectivity index is 1.76. The van der Waals surface area contributed by atoms with E-state index in [-0.39, 0.29) is 6.04 Å². The summed E-state index contributed by atoms with van der Waals surface area (Å²) >= 11 is 5.90. The summed E-state index contributed by atoms with van der Waals surface area (Å²) in [4.78, 5) is 0.375. The fraction of sp³-hybridized carbons (Fsp3) is 0.526. The van der Waals surface area contributed by atoms with Gasteiger partial charge in [-0.3, -0.25) is 4.68 Å². The zero-order valence-corrected chi connectivity index (χ0v) is 17.2. The summed E-state index contributed by atoms with van der Waals surface area (Å²) in [6.45, 7) is 4.87. The second-order valence-electron chi connectivity index (χ2n) is 6.87. The van der Waals surface area contributed by atoms with Crippen LogP contribution in [-0.2, 0) is 23.0 Å². The molecule has 1 saturated heterocycles. The van der Waals surface area contributed by atoms with Gasteiger partial charge in [-0.25, -0.2) is 8.42 Å². The minimum absolute atomic E-state index is 0.0308. The van der Waals surface area contributed by atoms with Gasteiger partial charge in [0.2, 0.25) is 10.0 Å². The van der Waals surface area contributed by atoms with Crippen molar-refractivity contribution in [2.24, 2.45) is 0 Å². The van der Waals surface area contributed by atoms with E-state index in [0.29, 0.717) is 29.4 Å². The number of benzene rings is 1. The molecule has 3 rings (SSSR count). The van der Waals surface area contributed by atoms with Gasteiger partial charge in [-0.15, -0.1) is 0 Å². The van der Waals surface area contributed by atoms with Gasteiger partial charge in [-0.05, 0) is 56.5 Å². The Kier molecular flexibility index (Phi) is 6.92. The number of halogens is 1. The zero-order valence-electron chi connectivity index (χ0n) is 15.6. The molecule has 1 N–H and O–H groups in total. The fourth-order valence-electron chi connectivity index (χ4n) is 3.48. The van der Waals surface area contributed by atoms with Crippen molar-refractivity contribution in [1.29, 1.82) is 0 Å². The molecule has 1 aromatic carbocycles. The highest BCUT2D eigenvalue weighted by Gasteiger charge is 2.31. The van der Waals surface area contributed by atoms with Crippen molar-refractivity contribution in [3.8, 4) is 0 Å². The molecule has 0 bridgehead atoms. The molecule has 0 unspecified atom stereocenters. The topological polar surface area (TPSA) is 67.2 Å². The van der Waals surface area contributed by atoms with E-state index in [1.54, 1.807) is 33.5 Å². The quantitative estimate of drug-likeness (QED) is 0.726. The first-order valence-corrected chi connectivity index (χ1v) is 11.3. The number of nitrogens with zero attached hydrogens (tertiary/aromatic N) is 3. The Labute approximate surface area is 166 Å². The molecule has 2 aromatic rings. The molecule has 148 valence electrons. The van der Waals surface area contributed by atoms with Crippen LogP contribution in [0.5, 0.6) is 0 Å². The van der Waals surface area contributed by atoms with Crippen molar-refractivity contribution in [2.75, 3.05) is 19.6 Å². The molecule has 1 aliphatic rings. The molecular formula is C19H27ClN4O2S. The Morgan fingerprint density at radius 2 is 1.96 bits per heavy atom. The first-order valence-electron chi connectivity index (χ1n) is 9.50. The van der Waals surface area contributed by atoms with Crippen LogP contribution in [0.25, 0.3) is 0 Å². The standard InChI is InChI=1S/C19H27ClN4O2S/c1-2-16-4-6-19(7-5-16)27(25,26)24(18-8-10-21-11-9-18)13-3-12-23-15-17(20)14-22-23/h4-7,14-15,18,21H,2-3,8-13H2,1H3. The third-order valence-electron chi connectivity index (χ3n) is 5.02. The van der Waals surface area contributed by atoms with Gasteiger partial charge in [0, 0.05) is 25.3 Å². The van der Waals surface area contributed by atoms with Crippen LogP contribution in [0.15, 0.2) is 41.6 Å². The number of sulfonamides is 1. The molecule has 0 spiro atoms. The van der Waals surface area contributed by atoms with Crippen LogP contribution in [-0.4, -0.2) is 48.2 Å². The summed E-state index contributed by atoms with van der Waals surface area (Å²) in [5.74, 6) is 0. The number of aromatic nitrogens is 2. The summed E-state index contributed by atoms with van der Waals surface area (Å²) in [5.41, 5.74) is 1.14. The maximum atomic E-state index is 13.3. The molecule has 2 heterocycles. The lowest BCUT2D eigenvalue weighted by molar-refractivity contribution is 0.255. The first kappa shape index (κ1) is 20.3. The van der Waals surface area contributed by atoms with Crippen LogP contribution in [0.2, 0.25) is 5.02 Å². The Bertz CT molecular complexity index is 830. The van der Waals surface area contributed by atoms with E-state index in [1.165, 1.54) is 0 Å². The maximum Gasteiger partial charge on any atom is 0.243 e. The predicted octanol–water partition coefficient (Wildman–Crippen LogP) is 2.93. The minimum atomic E-state index is -3.53. The average Bonchev–Trinajstić information content (AvgIpc) is 3.11. The molecule has 8 heteroatoms. The van der Waals surface area contributed by atoms with Crippen LogP contribution in [0, 0.1) is 0 Å². The molecule has 1 aliphatic heterocycles. The van der Waals surface area contributed by atoms with Crippen LogP contribution < -0.4 is 5.32 Å². The molecule has 0 aliphatic carbocycles. The summed E-state index contributed by atoms with van der Waals surface area (Å²) in [6.07, 6.45) is 6.60. The minimum Gasteiger partial charge on any atom is -0.317 e. The van der Waals surface area contributed by atoms with Crippen LogP contribution in [0.1, 0.15) is 31.7 Å². The lowest BCUT2D eigenvalue weighted by Crippen LogP contribution is -2.46. The predicted molar refractivity (Wildman–Crippen MR) is 107 cm³/mol. The Hall–Kier alpha value is -1.41. The van der Waals surface area contributed by atoms with Gasteiger partial charge in [0.1, 0.15) is 0 Å². The number of hydrogen-bond donors (Lipinski definition) is 1. The van der Waals surface area contributed by atoms with Crippen LogP contribution in [0.3, 0.4) is 0 Å². The smallest absolute Gasteiger partial charge is 0.243 e. The molecule has 0 radical (unpaired) electrons. The molecule has 1 fully saturated rings. The normalized spacial score (nSPS) is 16.1.